The molecule has 2 aliphatic heterocycles. The molecule has 2 aromatic rings. The second-order valence-electron chi connectivity index (χ2n) is 8.30. The molecule has 168 valence electrons. The van der Waals surface area contributed by atoms with Gasteiger partial charge in [-0.15, -0.1) is 0 Å². The van der Waals surface area contributed by atoms with Crippen LogP contribution >= 0.6 is 0 Å². The van der Waals surface area contributed by atoms with Crippen molar-refractivity contribution in [2.75, 3.05) is 32.8 Å². The van der Waals surface area contributed by atoms with Crippen LogP contribution in [0.2, 0.25) is 0 Å². The molecule has 0 saturated carbocycles. The first-order valence-corrected chi connectivity index (χ1v) is 11.7. The molecule has 0 spiro atoms. The maximum atomic E-state index is 6.17. The summed E-state index contributed by atoms with van der Waals surface area (Å²) in [7, 11) is 0. The molecule has 1 atom stereocenters. The molecule has 2 fully saturated rings. The minimum absolute atomic E-state index is 0.295. The van der Waals surface area contributed by atoms with Crippen LogP contribution in [0.15, 0.2) is 47.7 Å². The largest absolute Gasteiger partial charge is 0.376 e. The summed E-state index contributed by atoms with van der Waals surface area (Å²) in [5.74, 6) is 0.987. The number of hydrogen-bond acceptors (Lipinski definition) is 4. The summed E-state index contributed by atoms with van der Waals surface area (Å²) in [5.41, 5.74) is 2.23. The molecule has 3 heterocycles. The molecule has 1 N–H and O–H groups in total. The highest BCUT2D eigenvalue weighted by Gasteiger charge is 2.23. The van der Waals surface area contributed by atoms with Gasteiger partial charge >= 0.3 is 0 Å². The molecule has 1 aromatic carbocycles. The quantitative estimate of drug-likeness (QED) is 0.544. The first-order valence-electron chi connectivity index (χ1n) is 11.7. The molecule has 7 heteroatoms. The van der Waals surface area contributed by atoms with Crippen LogP contribution in [-0.2, 0) is 16.0 Å². The predicted octanol–water partition coefficient (Wildman–Crippen LogP) is 3.39. The molecule has 31 heavy (non-hydrogen) atoms. The molecule has 1 aromatic heterocycles. The highest BCUT2D eigenvalue weighted by Crippen LogP contribution is 2.18. The van der Waals surface area contributed by atoms with Crippen molar-refractivity contribution in [3.05, 3.63) is 48.3 Å². The second-order valence-corrected chi connectivity index (χ2v) is 8.30. The number of ether oxygens (including phenoxy) is 2. The highest BCUT2D eigenvalue weighted by molar-refractivity contribution is 5.80. The van der Waals surface area contributed by atoms with E-state index in [0.29, 0.717) is 18.8 Å². The number of guanidine groups is 1. The maximum absolute atomic E-state index is 6.17. The standard InChI is InChI=1S/C24H35N5O2/c1-2-25-24(26-18-20-7-5-8-21(17-20)29-13-6-12-27-29)28-14-10-22(11-15-28)31-19-23-9-3-4-16-30-23/h5-8,12-13,17,22-23H,2-4,9-11,14-16,18-19H2,1H3,(H,25,26). The lowest BCUT2D eigenvalue weighted by Crippen LogP contribution is -2.47. The van der Waals surface area contributed by atoms with Crippen molar-refractivity contribution >= 4 is 5.96 Å². The lowest BCUT2D eigenvalue weighted by molar-refractivity contribution is -0.0721. The van der Waals surface area contributed by atoms with Gasteiger partial charge in [-0.2, -0.15) is 5.10 Å². The summed E-state index contributed by atoms with van der Waals surface area (Å²) < 4.78 is 13.8. The van der Waals surface area contributed by atoms with E-state index in [0.717, 1.165) is 63.8 Å². The van der Waals surface area contributed by atoms with Crippen LogP contribution in [0.4, 0.5) is 0 Å². The minimum atomic E-state index is 0.295. The van der Waals surface area contributed by atoms with Crippen LogP contribution in [0.25, 0.3) is 5.69 Å². The molecule has 7 nitrogen and oxygen atoms in total. The van der Waals surface area contributed by atoms with Crippen LogP contribution in [0, 0.1) is 0 Å². The van der Waals surface area contributed by atoms with Crippen molar-refractivity contribution in [1.82, 2.24) is 20.0 Å². The first kappa shape index (κ1) is 21.8. The summed E-state index contributed by atoms with van der Waals surface area (Å²) in [6, 6.07) is 10.3. The van der Waals surface area contributed by atoms with E-state index in [-0.39, 0.29) is 0 Å². The number of piperidine rings is 1. The van der Waals surface area contributed by atoms with Crippen LogP contribution in [-0.4, -0.2) is 65.7 Å². The molecular formula is C24H35N5O2. The van der Waals surface area contributed by atoms with Crippen molar-refractivity contribution in [2.45, 2.75) is 57.8 Å². The zero-order valence-corrected chi connectivity index (χ0v) is 18.6. The molecule has 0 aliphatic carbocycles. The third-order valence-corrected chi connectivity index (χ3v) is 5.96. The average Bonchev–Trinajstić information content (AvgIpc) is 3.37. The minimum Gasteiger partial charge on any atom is -0.376 e. The number of benzene rings is 1. The monoisotopic (exact) mass is 425 g/mol. The normalized spacial score (nSPS) is 20.7. The van der Waals surface area contributed by atoms with Gasteiger partial charge in [0.1, 0.15) is 0 Å². The molecule has 0 radical (unpaired) electrons. The Bertz CT molecular complexity index is 809. The Labute approximate surface area is 185 Å². The number of nitrogens with zero attached hydrogens (tertiary/aromatic N) is 4. The van der Waals surface area contributed by atoms with Gasteiger partial charge in [0.05, 0.1) is 31.0 Å². The molecule has 2 aliphatic rings. The van der Waals surface area contributed by atoms with E-state index < -0.39 is 0 Å². The van der Waals surface area contributed by atoms with Crippen LogP contribution in [0.1, 0.15) is 44.6 Å². The molecular weight excluding hydrogens is 390 g/mol. The fourth-order valence-corrected chi connectivity index (χ4v) is 4.23. The van der Waals surface area contributed by atoms with Gasteiger partial charge in [-0.25, -0.2) is 9.67 Å². The van der Waals surface area contributed by atoms with E-state index in [1.54, 1.807) is 6.20 Å². The van der Waals surface area contributed by atoms with E-state index >= 15 is 0 Å². The lowest BCUT2D eigenvalue weighted by Gasteiger charge is -2.35. The number of rotatable bonds is 7. The van der Waals surface area contributed by atoms with E-state index in [1.165, 1.54) is 18.4 Å². The maximum Gasteiger partial charge on any atom is 0.194 e. The summed E-state index contributed by atoms with van der Waals surface area (Å²) in [5, 5.41) is 7.78. The number of nitrogens with one attached hydrogen (secondary N) is 1. The van der Waals surface area contributed by atoms with Gasteiger partial charge in [-0.3, -0.25) is 0 Å². The van der Waals surface area contributed by atoms with Gasteiger partial charge in [0.25, 0.3) is 0 Å². The Morgan fingerprint density at radius 3 is 2.87 bits per heavy atom. The number of likely N-dealkylation sites (tertiary alicyclic amines) is 1. The van der Waals surface area contributed by atoms with E-state index in [1.807, 2.05) is 16.9 Å². The Hall–Kier alpha value is -2.38. The van der Waals surface area contributed by atoms with Crippen molar-refractivity contribution in [3.8, 4) is 5.69 Å². The summed E-state index contributed by atoms with van der Waals surface area (Å²) in [6.45, 7) is 7.19. The van der Waals surface area contributed by atoms with Crippen LogP contribution in [0.5, 0.6) is 0 Å². The lowest BCUT2D eigenvalue weighted by atomic mass is 10.1. The smallest absolute Gasteiger partial charge is 0.194 e. The van der Waals surface area contributed by atoms with E-state index in [2.05, 4.69) is 46.5 Å². The van der Waals surface area contributed by atoms with Crippen molar-refractivity contribution in [1.29, 1.82) is 0 Å². The van der Waals surface area contributed by atoms with E-state index in [9.17, 15) is 0 Å². The third kappa shape index (κ3) is 6.31. The number of aromatic nitrogens is 2. The second kappa shape index (κ2) is 11.3. The Balaban J connectivity index is 1.29. The highest BCUT2D eigenvalue weighted by atomic mass is 16.5. The number of hydrogen-bond donors (Lipinski definition) is 1. The Morgan fingerprint density at radius 2 is 2.13 bits per heavy atom. The summed E-state index contributed by atoms with van der Waals surface area (Å²) in [6.07, 6.45) is 10.0. The molecule has 0 amide bonds. The average molecular weight is 426 g/mol. The zero-order valence-electron chi connectivity index (χ0n) is 18.6. The SMILES string of the molecule is CCNC(=NCc1cccc(-n2cccn2)c1)N1CCC(OCC2CCCCO2)CC1. The molecule has 0 bridgehead atoms. The molecule has 2 saturated heterocycles. The fraction of sp³-hybridized carbons (Fsp3) is 0.583. The topological polar surface area (TPSA) is 63.9 Å². The summed E-state index contributed by atoms with van der Waals surface area (Å²) in [4.78, 5) is 7.27. The zero-order chi connectivity index (χ0) is 21.3. The van der Waals surface area contributed by atoms with Crippen molar-refractivity contribution in [2.24, 2.45) is 4.99 Å². The Kier molecular flexibility index (Phi) is 7.96. The van der Waals surface area contributed by atoms with Crippen molar-refractivity contribution < 1.29 is 9.47 Å². The predicted molar refractivity (Wildman–Crippen MR) is 123 cm³/mol. The summed E-state index contributed by atoms with van der Waals surface area (Å²) >= 11 is 0. The molecule has 1 unspecified atom stereocenters. The Morgan fingerprint density at radius 1 is 1.23 bits per heavy atom. The van der Waals surface area contributed by atoms with Crippen LogP contribution in [0.3, 0.4) is 0 Å². The van der Waals surface area contributed by atoms with Gasteiger partial charge in [0, 0.05) is 38.6 Å². The van der Waals surface area contributed by atoms with E-state index in [4.69, 9.17) is 14.5 Å². The van der Waals surface area contributed by atoms with Gasteiger partial charge in [0.15, 0.2) is 5.96 Å². The molecule has 4 rings (SSSR count). The van der Waals surface area contributed by atoms with Crippen LogP contribution < -0.4 is 5.32 Å². The van der Waals surface area contributed by atoms with Gasteiger partial charge in [-0.05, 0) is 62.8 Å². The van der Waals surface area contributed by atoms with Gasteiger partial charge in [-0.1, -0.05) is 12.1 Å². The first-order chi connectivity index (χ1) is 15.3. The van der Waals surface area contributed by atoms with Gasteiger partial charge in [0.2, 0.25) is 0 Å². The number of aliphatic imine (C=N–C) groups is 1. The third-order valence-electron chi connectivity index (χ3n) is 5.96. The fourth-order valence-electron chi connectivity index (χ4n) is 4.23. The van der Waals surface area contributed by atoms with Crippen molar-refractivity contribution in [3.63, 3.8) is 0 Å². The van der Waals surface area contributed by atoms with Gasteiger partial charge < -0.3 is 19.7 Å².